The van der Waals surface area contributed by atoms with Gasteiger partial charge >= 0.3 is 0 Å². The van der Waals surface area contributed by atoms with Crippen LogP contribution in [0.5, 0.6) is 0 Å². The lowest BCUT2D eigenvalue weighted by atomic mass is 10.0. The molecule has 0 aromatic carbocycles. The fourth-order valence-electron chi connectivity index (χ4n) is 1.63. The molecule has 1 aliphatic heterocycles. The molecule has 0 spiro atoms. The highest BCUT2D eigenvalue weighted by molar-refractivity contribution is 7.79. The molecule has 17 heavy (non-hydrogen) atoms. The van der Waals surface area contributed by atoms with Crippen molar-refractivity contribution in [2.24, 2.45) is 5.16 Å². The Bertz CT molecular complexity index is 287. The van der Waals surface area contributed by atoms with Crippen LogP contribution in [0.4, 0.5) is 0 Å². The summed E-state index contributed by atoms with van der Waals surface area (Å²) >= 11 is -1.35. The van der Waals surface area contributed by atoms with E-state index in [1.165, 1.54) is 20.5 Å². The number of nitrogens with zero attached hydrogens (tertiary/aromatic N) is 2. The zero-order valence-electron chi connectivity index (χ0n) is 10.2. The summed E-state index contributed by atoms with van der Waals surface area (Å²) in [6.07, 6.45) is 2.83. The van der Waals surface area contributed by atoms with Gasteiger partial charge in [0.2, 0.25) is 0 Å². The van der Waals surface area contributed by atoms with Crippen LogP contribution in [-0.4, -0.2) is 54.7 Å². The number of piperidine rings is 1. The average Bonchev–Trinajstić information content (AvgIpc) is 2.29. The van der Waals surface area contributed by atoms with Crippen LogP contribution in [-0.2, 0) is 30.0 Å². The maximum Gasteiger partial charge on any atom is 0.170 e. The first-order valence-electron chi connectivity index (χ1n) is 5.20. The van der Waals surface area contributed by atoms with E-state index in [0.717, 1.165) is 5.71 Å². The maximum absolute atomic E-state index is 11.1. The summed E-state index contributed by atoms with van der Waals surface area (Å²) in [6, 6.07) is -0.0819. The van der Waals surface area contributed by atoms with Gasteiger partial charge in [-0.15, -0.1) is 0 Å². The smallest absolute Gasteiger partial charge is 0.170 e. The molecule has 0 saturated carbocycles. The molecular formula is C9H18N2O5S. The molecule has 2 atom stereocenters. The molecule has 0 bridgehead atoms. The van der Waals surface area contributed by atoms with Gasteiger partial charge in [0.15, 0.2) is 11.1 Å². The largest absolute Gasteiger partial charge is 0.399 e. The average molecular weight is 266 g/mol. The highest BCUT2D eigenvalue weighted by Crippen LogP contribution is 2.17. The molecule has 0 aromatic heterocycles. The van der Waals surface area contributed by atoms with Crippen LogP contribution in [0.25, 0.3) is 0 Å². The van der Waals surface area contributed by atoms with Gasteiger partial charge in [0.25, 0.3) is 0 Å². The van der Waals surface area contributed by atoms with Crippen molar-refractivity contribution in [2.45, 2.75) is 18.9 Å². The highest BCUT2D eigenvalue weighted by atomic mass is 32.2. The fraction of sp³-hybridized carbons (Fsp3) is 0.889. The van der Waals surface area contributed by atoms with Gasteiger partial charge in [-0.3, -0.25) is 0 Å². The molecule has 0 radical (unpaired) electrons. The van der Waals surface area contributed by atoms with Gasteiger partial charge in [-0.25, -0.2) is 14.0 Å². The van der Waals surface area contributed by atoms with E-state index in [2.05, 4.69) is 10.0 Å². The molecule has 1 aliphatic rings. The molecule has 2 unspecified atom stereocenters. The summed E-state index contributed by atoms with van der Waals surface area (Å²) in [5.74, 6) is 0. The summed E-state index contributed by atoms with van der Waals surface area (Å²) in [5, 5.41) is 5.56. The lowest BCUT2D eigenvalue weighted by Gasteiger charge is -2.32. The molecule has 1 saturated heterocycles. The Morgan fingerprint density at radius 2 is 2.29 bits per heavy atom. The van der Waals surface area contributed by atoms with Crippen molar-refractivity contribution in [1.29, 1.82) is 0 Å². The third-order valence-corrected chi connectivity index (χ3v) is 2.70. The minimum atomic E-state index is -1.35. The second kappa shape index (κ2) is 7.72. The normalized spacial score (nSPS) is 26.1. The van der Waals surface area contributed by atoms with E-state index < -0.39 is 11.1 Å². The molecular weight excluding hydrogens is 248 g/mol. The first-order chi connectivity index (χ1) is 8.17. The SMILES string of the molecule is CO/N=C1\CCN(OS(C)=O)C(COOC)C1. The van der Waals surface area contributed by atoms with E-state index in [-0.39, 0.29) is 6.04 Å². The quantitative estimate of drug-likeness (QED) is 0.507. The van der Waals surface area contributed by atoms with Gasteiger partial charge in [-0.05, 0) is 0 Å². The van der Waals surface area contributed by atoms with E-state index in [9.17, 15) is 4.21 Å². The van der Waals surface area contributed by atoms with E-state index in [4.69, 9.17) is 14.0 Å². The molecule has 8 heteroatoms. The molecule has 1 rings (SSSR count). The van der Waals surface area contributed by atoms with E-state index in [0.29, 0.717) is 26.0 Å². The monoisotopic (exact) mass is 266 g/mol. The van der Waals surface area contributed by atoms with Gasteiger partial charge in [0.05, 0.1) is 18.9 Å². The van der Waals surface area contributed by atoms with Crippen LogP contribution >= 0.6 is 0 Å². The van der Waals surface area contributed by atoms with Gasteiger partial charge < -0.3 is 4.84 Å². The van der Waals surface area contributed by atoms with Crippen molar-refractivity contribution >= 4 is 16.8 Å². The van der Waals surface area contributed by atoms with Gasteiger partial charge in [0, 0.05) is 25.6 Å². The summed E-state index contributed by atoms with van der Waals surface area (Å²) in [6.45, 7) is 0.913. The van der Waals surface area contributed by atoms with Crippen LogP contribution in [0.3, 0.4) is 0 Å². The lowest BCUT2D eigenvalue weighted by molar-refractivity contribution is -0.289. The minimum Gasteiger partial charge on any atom is -0.399 e. The molecule has 0 aliphatic carbocycles. The summed E-state index contributed by atoms with van der Waals surface area (Å²) in [4.78, 5) is 14.2. The molecule has 0 amide bonds. The van der Waals surface area contributed by atoms with Gasteiger partial charge in [0.1, 0.15) is 13.7 Å². The van der Waals surface area contributed by atoms with E-state index in [1.807, 2.05) is 0 Å². The van der Waals surface area contributed by atoms with Crippen molar-refractivity contribution in [2.75, 3.05) is 33.6 Å². The molecule has 1 heterocycles. The Balaban J connectivity index is 2.58. The van der Waals surface area contributed by atoms with Crippen LogP contribution < -0.4 is 0 Å². The lowest BCUT2D eigenvalue weighted by Crippen LogP contribution is -2.45. The fourth-order valence-corrected chi connectivity index (χ4v) is 2.10. The number of hydrogen-bond acceptors (Lipinski definition) is 7. The predicted molar refractivity (Wildman–Crippen MR) is 62.3 cm³/mol. The predicted octanol–water partition coefficient (Wildman–Crippen LogP) is 0.256. The van der Waals surface area contributed by atoms with Gasteiger partial charge in [-0.2, -0.15) is 9.35 Å². The maximum atomic E-state index is 11.1. The Morgan fingerprint density at radius 3 is 2.88 bits per heavy atom. The number of hydrogen-bond donors (Lipinski definition) is 0. The standard InChI is InChI=1S/C9H18N2O5S/c1-13-10-8-4-5-11(16-17(3)12)9(6-8)7-15-14-2/h9H,4-7H2,1-3H3/b10-8+. The summed E-state index contributed by atoms with van der Waals surface area (Å²) in [5.41, 5.74) is 0.930. The number of hydroxylamine groups is 2. The second-order valence-electron chi connectivity index (χ2n) is 3.52. The minimum absolute atomic E-state index is 0.0819. The zero-order valence-corrected chi connectivity index (χ0v) is 11.1. The number of oxime groups is 1. The summed E-state index contributed by atoms with van der Waals surface area (Å²) in [7, 11) is 2.95. The van der Waals surface area contributed by atoms with Crippen molar-refractivity contribution < 1.29 is 23.1 Å². The first kappa shape index (κ1) is 14.5. The van der Waals surface area contributed by atoms with Crippen LogP contribution in [0, 0.1) is 0 Å². The van der Waals surface area contributed by atoms with Crippen LogP contribution in [0.15, 0.2) is 5.16 Å². The molecule has 0 N–H and O–H groups in total. The topological polar surface area (TPSA) is 69.6 Å². The van der Waals surface area contributed by atoms with Gasteiger partial charge in [-0.1, -0.05) is 5.16 Å². The van der Waals surface area contributed by atoms with Crippen LogP contribution in [0.1, 0.15) is 12.8 Å². The Labute approximate surface area is 103 Å². The molecule has 100 valence electrons. The Kier molecular flexibility index (Phi) is 6.60. The molecule has 1 fully saturated rings. The van der Waals surface area contributed by atoms with Crippen molar-refractivity contribution in [3.63, 3.8) is 0 Å². The molecule has 7 nitrogen and oxygen atoms in total. The Morgan fingerprint density at radius 1 is 1.53 bits per heavy atom. The number of rotatable bonds is 6. The molecule has 0 aromatic rings. The van der Waals surface area contributed by atoms with Crippen molar-refractivity contribution in [3.8, 4) is 0 Å². The van der Waals surface area contributed by atoms with E-state index in [1.54, 1.807) is 5.06 Å². The highest BCUT2D eigenvalue weighted by Gasteiger charge is 2.28. The van der Waals surface area contributed by atoms with Crippen molar-refractivity contribution in [3.05, 3.63) is 0 Å². The first-order valence-corrected chi connectivity index (χ1v) is 6.68. The zero-order chi connectivity index (χ0) is 12.7. The third kappa shape index (κ3) is 5.09. The van der Waals surface area contributed by atoms with Crippen molar-refractivity contribution in [1.82, 2.24) is 5.06 Å². The third-order valence-electron chi connectivity index (χ3n) is 2.30. The second-order valence-corrected chi connectivity index (χ2v) is 4.47. The van der Waals surface area contributed by atoms with E-state index >= 15 is 0 Å². The van der Waals surface area contributed by atoms with Crippen LogP contribution in [0.2, 0.25) is 0 Å². The Hall–Kier alpha value is -0.540. The summed E-state index contributed by atoms with van der Waals surface area (Å²) < 4.78 is 16.3.